The second-order valence-electron chi connectivity index (χ2n) is 16.3. The van der Waals surface area contributed by atoms with Gasteiger partial charge in [-0.1, -0.05) is 26.8 Å². The summed E-state index contributed by atoms with van der Waals surface area (Å²) in [4.78, 5) is 35.9. The minimum Gasteiger partial charge on any atom is -0.508 e. The Kier molecular flexibility index (Phi) is 12.5. The van der Waals surface area contributed by atoms with Crippen LogP contribution in [-0.4, -0.2) is 104 Å². The van der Waals surface area contributed by atoms with Gasteiger partial charge < -0.3 is 69.2 Å². The summed E-state index contributed by atoms with van der Waals surface area (Å²) >= 11 is 0. The second-order valence-corrected chi connectivity index (χ2v) is 16.3. The van der Waals surface area contributed by atoms with E-state index in [9.17, 15) is 19.8 Å². The van der Waals surface area contributed by atoms with Crippen molar-refractivity contribution in [2.45, 2.75) is 94.7 Å². The van der Waals surface area contributed by atoms with Gasteiger partial charge in [-0.3, -0.25) is 9.59 Å². The number of rotatable bonds is 13. The normalized spacial score (nSPS) is 26.2. The first-order valence-corrected chi connectivity index (χ1v) is 20.6. The molecule has 3 aromatic rings. The lowest BCUT2D eigenvalue weighted by atomic mass is 9.84. The Balaban J connectivity index is 1.18. The van der Waals surface area contributed by atoms with Gasteiger partial charge in [-0.25, -0.2) is 0 Å². The number of likely N-dealkylation sites (N-methyl/N-ethyl adjacent to an activating group) is 1. The van der Waals surface area contributed by atoms with Crippen molar-refractivity contribution >= 4 is 11.9 Å². The highest BCUT2D eigenvalue weighted by Gasteiger charge is 2.51. The summed E-state index contributed by atoms with van der Waals surface area (Å²) < 4.78 is 48.9. The van der Waals surface area contributed by atoms with Gasteiger partial charge in [-0.15, -0.1) is 0 Å². The van der Waals surface area contributed by atoms with Gasteiger partial charge in [0.15, 0.2) is 35.7 Å². The Morgan fingerprint density at radius 2 is 1.79 bits per heavy atom. The Bertz CT molecular complexity index is 2140. The number of esters is 1. The third-order valence-electron chi connectivity index (χ3n) is 11.3. The number of aliphatic hydroxyl groups excluding tert-OH is 1. The number of ether oxygens (including phenoxy) is 8. The first-order valence-electron chi connectivity index (χ1n) is 20.6. The number of hydrogen-bond donors (Lipinski definition) is 5. The molecule has 61 heavy (non-hydrogen) atoms. The zero-order valence-corrected chi connectivity index (χ0v) is 34.4. The molecule has 0 aliphatic carbocycles. The van der Waals surface area contributed by atoms with Crippen LogP contribution in [0.25, 0.3) is 0 Å². The first-order chi connectivity index (χ1) is 29.4. The molecular weight excluding hydrogens is 796 g/mol. The van der Waals surface area contributed by atoms with Crippen LogP contribution >= 0.6 is 0 Å². The number of hydrogen-bond acceptors (Lipinski definition) is 16. The van der Waals surface area contributed by atoms with Gasteiger partial charge in [-0.2, -0.15) is 4.89 Å². The maximum atomic E-state index is 12.2. The number of carboxylic acids is 1. The van der Waals surface area contributed by atoms with Gasteiger partial charge in [0.2, 0.25) is 6.79 Å². The van der Waals surface area contributed by atoms with E-state index >= 15 is 0 Å². The highest BCUT2D eigenvalue weighted by Crippen LogP contribution is 2.58. The smallest absolute Gasteiger partial charge is 0.317 e. The van der Waals surface area contributed by atoms with Crippen LogP contribution in [0.15, 0.2) is 48.7 Å². The zero-order valence-electron chi connectivity index (χ0n) is 34.4. The van der Waals surface area contributed by atoms with Crippen molar-refractivity contribution in [3.05, 3.63) is 82.1 Å². The molecule has 17 heteroatoms. The summed E-state index contributed by atoms with van der Waals surface area (Å²) in [5.41, 5.74) is 11.1. The second kappa shape index (κ2) is 18.0. The number of allylic oxidation sites excluding steroid dienone is 1. The topological polar surface area (TPSA) is 225 Å². The van der Waals surface area contributed by atoms with Gasteiger partial charge in [0, 0.05) is 40.8 Å². The minimum absolute atomic E-state index is 0.0183. The number of phenols is 1. The van der Waals surface area contributed by atoms with Crippen molar-refractivity contribution in [3.63, 3.8) is 0 Å². The SMILES string of the molecule is CCc1cc(O)cc(C2C=COC3C(O)C(COC(=O)CC(=O)O)OC(OCC(N)CNC)C3OOc3cc4c(cc32)OCC2c3cc5c(c(CC(C)C)c3OC42)OCO5)c1. The van der Waals surface area contributed by atoms with Gasteiger partial charge in [0.05, 0.1) is 25.4 Å². The summed E-state index contributed by atoms with van der Waals surface area (Å²) in [5, 5.41) is 34.6. The van der Waals surface area contributed by atoms with E-state index in [0.29, 0.717) is 65.9 Å². The average molecular weight is 849 g/mol. The number of fused-ring (bicyclic) bond motifs is 8. The van der Waals surface area contributed by atoms with Crippen LogP contribution in [0.5, 0.6) is 34.5 Å². The van der Waals surface area contributed by atoms with Crippen molar-refractivity contribution in [2.75, 3.05) is 40.2 Å². The molecule has 5 heterocycles. The van der Waals surface area contributed by atoms with Crippen LogP contribution in [0.1, 0.15) is 78.5 Å². The number of aromatic hydroxyl groups is 1. The molecule has 6 N–H and O–H groups in total. The fraction of sp³-hybridized carbons (Fsp3) is 0.500. The molecule has 9 atom stereocenters. The van der Waals surface area contributed by atoms with Crippen molar-refractivity contribution in [1.82, 2.24) is 5.32 Å². The Labute approximate surface area is 352 Å². The Morgan fingerprint density at radius 1 is 0.984 bits per heavy atom. The van der Waals surface area contributed by atoms with Crippen LogP contribution in [0.3, 0.4) is 0 Å². The molecule has 0 radical (unpaired) electrons. The van der Waals surface area contributed by atoms with Gasteiger partial charge in [-0.05, 0) is 73.3 Å². The Morgan fingerprint density at radius 3 is 2.56 bits per heavy atom. The molecule has 1 saturated heterocycles. The largest absolute Gasteiger partial charge is 0.508 e. The lowest BCUT2D eigenvalue weighted by Gasteiger charge is -2.43. The van der Waals surface area contributed by atoms with Crippen molar-refractivity contribution in [3.8, 4) is 34.5 Å². The van der Waals surface area contributed by atoms with E-state index in [4.69, 9.17) is 58.5 Å². The number of carbonyl (C=O) groups excluding carboxylic acids is 1. The van der Waals surface area contributed by atoms with E-state index in [2.05, 4.69) is 19.2 Å². The number of phenolic OH excluding ortho intramolecular Hbond substituents is 1. The quantitative estimate of drug-likeness (QED) is 0.0935. The van der Waals surface area contributed by atoms with Crippen molar-refractivity contribution < 1.29 is 72.6 Å². The zero-order chi connectivity index (χ0) is 42.9. The predicted molar refractivity (Wildman–Crippen MR) is 214 cm³/mol. The predicted octanol–water partition coefficient (Wildman–Crippen LogP) is 3.88. The van der Waals surface area contributed by atoms with Crippen LogP contribution in [0.2, 0.25) is 0 Å². The van der Waals surface area contributed by atoms with Crippen LogP contribution < -0.4 is 34.9 Å². The Hall–Kier alpha value is -5.30. The molecule has 0 bridgehead atoms. The molecule has 17 nitrogen and oxygen atoms in total. The lowest BCUT2D eigenvalue weighted by Crippen LogP contribution is -2.61. The minimum atomic E-state index is -1.50. The molecule has 328 valence electrons. The first kappa shape index (κ1) is 42.4. The lowest BCUT2D eigenvalue weighted by molar-refractivity contribution is -0.373. The van der Waals surface area contributed by atoms with E-state index in [1.54, 1.807) is 25.3 Å². The van der Waals surface area contributed by atoms with Crippen LogP contribution in [0.4, 0.5) is 0 Å². The molecule has 0 saturated carbocycles. The fourth-order valence-corrected chi connectivity index (χ4v) is 8.50. The third-order valence-corrected chi connectivity index (χ3v) is 11.3. The summed E-state index contributed by atoms with van der Waals surface area (Å²) in [7, 11) is 1.74. The maximum Gasteiger partial charge on any atom is 0.317 e. The van der Waals surface area contributed by atoms with Crippen molar-refractivity contribution in [1.29, 1.82) is 0 Å². The molecule has 0 aromatic heterocycles. The number of carbonyl (C=O) groups is 2. The molecule has 5 aliphatic heterocycles. The number of nitrogens with two attached hydrogens (primary N) is 1. The number of nitrogens with one attached hydrogen (secondary N) is 1. The fourth-order valence-electron chi connectivity index (χ4n) is 8.50. The maximum absolute atomic E-state index is 12.2. The molecular formula is C44H52N2O15. The van der Waals surface area contributed by atoms with Gasteiger partial charge in [0.25, 0.3) is 0 Å². The van der Waals surface area contributed by atoms with Crippen molar-refractivity contribution in [2.24, 2.45) is 11.7 Å². The number of carboxylic acid groups (broad SMARTS) is 1. The number of aliphatic carboxylic acids is 1. The van der Waals surface area contributed by atoms with E-state index < -0.39 is 73.7 Å². The third kappa shape index (κ3) is 8.76. The highest BCUT2D eigenvalue weighted by atomic mass is 17.2. The molecule has 1 fully saturated rings. The molecule has 0 spiro atoms. The van der Waals surface area contributed by atoms with E-state index in [1.165, 1.54) is 6.26 Å². The van der Waals surface area contributed by atoms with Gasteiger partial charge in [0.1, 0.15) is 48.6 Å². The number of aliphatic hydroxyl groups is 1. The van der Waals surface area contributed by atoms with E-state index in [-0.39, 0.29) is 30.8 Å². The number of aryl methyl sites for hydroxylation is 1. The summed E-state index contributed by atoms with van der Waals surface area (Å²) in [6.07, 6.45) is -3.29. The average Bonchev–Trinajstić information content (AvgIpc) is 3.86. The summed E-state index contributed by atoms with van der Waals surface area (Å²) in [6, 6.07) is 10.5. The molecule has 3 aromatic carbocycles. The number of benzene rings is 3. The van der Waals surface area contributed by atoms with E-state index in [0.717, 1.165) is 22.4 Å². The molecule has 5 aliphatic rings. The molecule has 9 unspecified atom stereocenters. The van der Waals surface area contributed by atoms with Crippen LogP contribution in [-0.2, 0) is 46.3 Å². The standard InChI is InChI=1S/C44H52N2O15/c1-5-22-9-23(11-25(47)10-22)26-6-7-52-42-38(51)35(19-54-37(50)15-36(48)49)58-44(55-17-24(45)16-46-4)43(42)61-60-33-14-29-32(12-27(26)33)53-18-31-28-13-34-41(57-20-56-34)30(8-21(2)3)39(28)59-40(29)31/h6-7,9-14,21,24,26,31,35,38,40,42-44,46-47,51H,5,8,15-20,45H2,1-4H3,(H,48,49). The highest BCUT2D eigenvalue weighted by molar-refractivity contribution is 5.90. The molecule has 0 amide bonds. The monoisotopic (exact) mass is 848 g/mol. The molecule has 8 rings (SSSR count). The van der Waals surface area contributed by atoms with Crippen LogP contribution in [0, 0.1) is 5.92 Å². The summed E-state index contributed by atoms with van der Waals surface area (Å²) in [6.45, 7) is 6.60. The van der Waals surface area contributed by atoms with E-state index in [1.807, 2.05) is 31.2 Å². The van der Waals surface area contributed by atoms with Gasteiger partial charge >= 0.3 is 11.9 Å². The summed E-state index contributed by atoms with van der Waals surface area (Å²) in [5.74, 6) is 0.180.